The van der Waals surface area contributed by atoms with Crippen LogP contribution in [0.5, 0.6) is 5.75 Å². The van der Waals surface area contributed by atoms with E-state index in [0.717, 1.165) is 24.8 Å². The van der Waals surface area contributed by atoms with Gasteiger partial charge >= 0.3 is 0 Å². The van der Waals surface area contributed by atoms with Gasteiger partial charge in [0.05, 0.1) is 6.04 Å². The van der Waals surface area contributed by atoms with Crippen molar-refractivity contribution in [2.24, 2.45) is 5.92 Å². The van der Waals surface area contributed by atoms with E-state index in [1.807, 2.05) is 34.5 Å². The first-order chi connectivity index (χ1) is 16.6. The summed E-state index contributed by atoms with van der Waals surface area (Å²) in [6.45, 7) is 1.44. The Labute approximate surface area is 202 Å². The van der Waals surface area contributed by atoms with Crippen LogP contribution in [0.2, 0.25) is 0 Å². The molecule has 1 aliphatic carbocycles. The zero-order chi connectivity index (χ0) is 23.5. The molecule has 0 radical (unpaired) electrons. The molecular weight excluding hydrogens is 451 g/mol. The molecule has 0 N–H and O–H groups in total. The Kier molecular flexibility index (Phi) is 6.63. The van der Waals surface area contributed by atoms with E-state index < -0.39 is 0 Å². The van der Waals surface area contributed by atoms with Gasteiger partial charge in [-0.25, -0.2) is 4.39 Å². The number of halogens is 1. The number of hydrogen-bond donors (Lipinski definition) is 0. The molecule has 0 bridgehead atoms. The van der Waals surface area contributed by atoms with E-state index in [2.05, 4.69) is 0 Å². The summed E-state index contributed by atoms with van der Waals surface area (Å²) in [6, 6.07) is 16.9. The van der Waals surface area contributed by atoms with Crippen LogP contribution >= 0.6 is 11.3 Å². The number of benzene rings is 2. The van der Waals surface area contributed by atoms with Gasteiger partial charge in [-0.3, -0.25) is 9.59 Å². The molecule has 5 nitrogen and oxygen atoms in total. The molecule has 176 valence electrons. The maximum absolute atomic E-state index is 13.6. The van der Waals surface area contributed by atoms with Crippen LogP contribution in [0.4, 0.5) is 4.39 Å². The second kappa shape index (κ2) is 9.97. The predicted molar refractivity (Wildman–Crippen MR) is 129 cm³/mol. The molecule has 2 amide bonds. The van der Waals surface area contributed by atoms with Crippen molar-refractivity contribution in [1.82, 2.24) is 9.80 Å². The van der Waals surface area contributed by atoms with Gasteiger partial charge in [0.25, 0.3) is 5.91 Å². The van der Waals surface area contributed by atoms with Crippen molar-refractivity contribution < 1.29 is 18.7 Å². The number of ether oxygens (including phenoxy) is 1. The van der Waals surface area contributed by atoms with Crippen LogP contribution in [-0.4, -0.2) is 47.9 Å². The lowest BCUT2D eigenvalue weighted by Gasteiger charge is -2.37. The highest BCUT2D eigenvalue weighted by Gasteiger charge is 2.35. The molecule has 1 atom stereocenters. The Morgan fingerprint density at radius 2 is 1.91 bits per heavy atom. The fourth-order valence-corrected chi connectivity index (χ4v) is 5.38. The van der Waals surface area contributed by atoms with Gasteiger partial charge in [0.1, 0.15) is 24.7 Å². The van der Waals surface area contributed by atoms with Gasteiger partial charge in [0, 0.05) is 29.6 Å². The number of hydrogen-bond acceptors (Lipinski definition) is 4. The molecule has 3 aromatic rings. The highest BCUT2D eigenvalue weighted by atomic mass is 32.1. The molecule has 0 saturated heterocycles. The van der Waals surface area contributed by atoms with Crippen LogP contribution in [-0.2, 0) is 11.2 Å². The summed E-state index contributed by atoms with van der Waals surface area (Å²) in [5.41, 5.74) is 1.67. The third-order valence-electron chi connectivity index (χ3n) is 6.43. The van der Waals surface area contributed by atoms with Crippen molar-refractivity contribution in [1.29, 1.82) is 0 Å². The topological polar surface area (TPSA) is 49.9 Å². The lowest BCUT2D eigenvalue weighted by molar-refractivity contribution is -0.135. The van der Waals surface area contributed by atoms with E-state index in [1.165, 1.54) is 17.0 Å². The van der Waals surface area contributed by atoms with Gasteiger partial charge in [0.15, 0.2) is 0 Å². The molecule has 1 saturated carbocycles. The number of nitrogens with zero attached hydrogens (tertiary/aromatic N) is 2. The molecule has 2 heterocycles. The zero-order valence-corrected chi connectivity index (χ0v) is 19.7. The fraction of sp³-hybridized carbons (Fsp3) is 0.333. The maximum atomic E-state index is 13.6. The van der Waals surface area contributed by atoms with Gasteiger partial charge in [-0.05, 0) is 66.5 Å². The van der Waals surface area contributed by atoms with Crippen LogP contribution in [0.3, 0.4) is 0 Å². The highest BCUT2D eigenvalue weighted by molar-refractivity contribution is 7.10. The van der Waals surface area contributed by atoms with Crippen molar-refractivity contribution >= 4 is 23.2 Å². The number of rotatable bonds is 8. The fourth-order valence-electron chi connectivity index (χ4n) is 4.46. The summed E-state index contributed by atoms with van der Waals surface area (Å²) in [5, 5.41) is 2.03. The molecule has 0 unspecified atom stereocenters. The molecule has 0 spiro atoms. The van der Waals surface area contributed by atoms with Crippen LogP contribution in [0, 0.1) is 11.7 Å². The van der Waals surface area contributed by atoms with Crippen molar-refractivity contribution in [2.45, 2.75) is 25.3 Å². The van der Waals surface area contributed by atoms with Crippen LogP contribution in [0.25, 0.3) is 0 Å². The summed E-state index contributed by atoms with van der Waals surface area (Å²) in [7, 11) is 0. The summed E-state index contributed by atoms with van der Waals surface area (Å²) >= 11 is 1.68. The summed E-state index contributed by atoms with van der Waals surface area (Å²) in [6.07, 6.45) is 2.97. The van der Waals surface area contributed by atoms with Crippen molar-refractivity contribution in [3.8, 4) is 5.75 Å². The van der Waals surface area contributed by atoms with Crippen LogP contribution in [0.15, 0.2) is 66.0 Å². The van der Waals surface area contributed by atoms with Gasteiger partial charge in [-0.1, -0.05) is 24.3 Å². The van der Waals surface area contributed by atoms with Crippen molar-refractivity contribution in [3.63, 3.8) is 0 Å². The Balaban J connectivity index is 1.34. The molecule has 34 heavy (non-hydrogen) atoms. The summed E-state index contributed by atoms with van der Waals surface area (Å²) in [4.78, 5) is 31.5. The van der Waals surface area contributed by atoms with E-state index in [0.29, 0.717) is 30.3 Å². The average Bonchev–Trinajstić information content (AvgIpc) is 3.54. The molecule has 2 aliphatic rings. The minimum Gasteiger partial charge on any atom is -0.491 e. The van der Waals surface area contributed by atoms with Crippen molar-refractivity contribution in [3.05, 3.63) is 87.9 Å². The Morgan fingerprint density at radius 3 is 2.68 bits per heavy atom. The minimum atomic E-state index is -0.361. The van der Waals surface area contributed by atoms with E-state index in [9.17, 15) is 14.0 Å². The Morgan fingerprint density at radius 1 is 1.09 bits per heavy atom. The SMILES string of the molecule is O=C(c1ccccc1)N(CC(=O)N1CCc2sccc2[C@@H]1COc1cccc(F)c1)CC1CC1. The quantitative estimate of drug-likeness (QED) is 0.461. The predicted octanol–water partition coefficient (Wildman–Crippen LogP) is 4.94. The van der Waals surface area contributed by atoms with Crippen LogP contribution < -0.4 is 4.74 Å². The molecular formula is C27H27FN2O3S. The third kappa shape index (κ3) is 5.14. The second-order valence-corrected chi connectivity index (χ2v) is 9.92. The monoisotopic (exact) mass is 478 g/mol. The Hall–Kier alpha value is -3.19. The number of amides is 2. The van der Waals surface area contributed by atoms with Gasteiger partial charge in [0.2, 0.25) is 5.91 Å². The van der Waals surface area contributed by atoms with E-state index >= 15 is 0 Å². The molecule has 7 heteroatoms. The molecule has 2 aromatic carbocycles. The van der Waals surface area contributed by atoms with E-state index in [-0.39, 0.29) is 36.8 Å². The number of thiophene rings is 1. The third-order valence-corrected chi connectivity index (χ3v) is 7.43. The molecule has 1 fully saturated rings. The lowest BCUT2D eigenvalue weighted by atomic mass is 10.0. The summed E-state index contributed by atoms with van der Waals surface area (Å²) < 4.78 is 19.5. The lowest BCUT2D eigenvalue weighted by Crippen LogP contribution is -2.48. The second-order valence-electron chi connectivity index (χ2n) is 8.92. The van der Waals surface area contributed by atoms with E-state index in [1.54, 1.807) is 40.5 Å². The van der Waals surface area contributed by atoms with Crippen molar-refractivity contribution in [2.75, 3.05) is 26.2 Å². The maximum Gasteiger partial charge on any atom is 0.254 e. The number of carbonyl (C=O) groups excluding carboxylic acids is 2. The number of carbonyl (C=O) groups is 2. The molecule has 1 aromatic heterocycles. The highest BCUT2D eigenvalue weighted by Crippen LogP contribution is 2.35. The zero-order valence-electron chi connectivity index (χ0n) is 18.9. The van der Waals surface area contributed by atoms with Gasteiger partial charge in [-0.15, -0.1) is 11.3 Å². The largest absolute Gasteiger partial charge is 0.491 e. The van der Waals surface area contributed by atoms with Gasteiger partial charge < -0.3 is 14.5 Å². The first-order valence-corrected chi connectivity index (χ1v) is 12.5. The standard InChI is InChI=1S/C27H27FN2O3S/c28-21-7-4-8-22(15-21)33-18-24-23-12-14-34-25(23)11-13-30(24)26(31)17-29(16-19-9-10-19)27(32)20-5-2-1-3-6-20/h1-8,12,14-15,19,24H,9-11,13,16-18H2/t24-/m0/s1. The van der Waals surface area contributed by atoms with Crippen LogP contribution in [0.1, 0.15) is 39.7 Å². The first-order valence-electron chi connectivity index (χ1n) is 11.7. The number of fused-ring (bicyclic) bond motifs is 1. The average molecular weight is 479 g/mol. The minimum absolute atomic E-state index is 0.0418. The van der Waals surface area contributed by atoms with Gasteiger partial charge in [-0.2, -0.15) is 0 Å². The normalized spacial score (nSPS) is 17.2. The van der Waals surface area contributed by atoms with E-state index in [4.69, 9.17) is 4.74 Å². The smallest absolute Gasteiger partial charge is 0.254 e. The molecule has 5 rings (SSSR count). The summed E-state index contributed by atoms with van der Waals surface area (Å²) in [5.74, 6) is 0.346. The Bertz CT molecular complexity index is 1160. The molecule has 1 aliphatic heterocycles. The first kappa shape index (κ1) is 22.6.